The van der Waals surface area contributed by atoms with E-state index in [4.69, 9.17) is 15.2 Å². The zero-order chi connectivity index (χ0) is 11.3. The molecule has 0 aromatic carbocycles. The van der Waals surface area contributed by atoms with Gasteiger partial charge in [0.15, 0.2) is 0 Å². The third-order valence-corrected chi connectivity index (χ3v) is 2.27. The van der Waals surface area contributed by atoms with Crippen LogP contribution in [0.25, 0.3) is 0 Å². The maximum Gasteiger partial charge on any atom is 0.228 e. The van der Waals surface area contributed by atoms with Crippen LogP contribution < -0.4 is 5.73 Å². The normalized spacial score (nSPS) is 17.2. The molecular weight excluding hydrogens is 194 g/mol. The summed E-state index contributed by atoms with van der Waals surface area (Å²) in [5.41, 5.74) is 7.43. The molecule has 2 N–H and O–H groups in total. The Kier molecular flexibility index (Phi) is 4.52. The molecule has 1 aliphatic carbocycles. The largest absolute Gasteiger partial charge is 0.380 e. The lowest BCUT2D eigenvalue weighted by Gasteiger charge is -2.18. The Morgan fingerprint density at radius 1 is 1.33 bits per heavy atom. The Morgan fingerprint density at radius 3 is 2.13 bits per heavy atom. The lowest BCUT2D eigenvalue weighted by atomic mass is 9.91. The van der Waals surface area contributed by atoms with Gasteiger partial charge in [0.05, 0.1) is 19.1 Å². The van der Waals surface area contributed by atoms with Crippen molar-refractivity contribution in [3.8, 4) is 0 Å². The zero-order valence-corrected chi connectivity index (χ0v) is 9.16. The monoisotopic (exact) mass is 211 g/mol. The quantitative estimate of drug-likeness (QED) is 0.679. The number of amides is 1. The van der Waals surface area contributed by atoms with Crippen molar-refractivity contribution in [2.24, 2.45) is 11.7 Å². The van der Waals surface area contributed by atoms with Gasteiger partial charge in [-0.15, -0.1) is 0 Å². The molecule has 1 aliphatic rings. The molecule has 0 aliphatic heterocycles. The maximum absolute atomic E-state index is 11.1. The summed E-state index contributed by atoms with van der Waals surface area (Å²) in [6.45, 7) is 1.07. The molecule has 0 heterocycles. The predicted molar refractivity (Wildman–Crippen MR) is 57.2 cm³/mol. The van der Waals surface area contributed by atoms with Crippen LogP contribution >= 0.6 is 0 Å². The highest BCUT2D eigenvalue weighted by Crippen LogP contribution is 2.22. The van der Waals surface area contributed by atoms with Gasteiger partial charge in [0.2, 0.25) is 5.91 Å². The van der Waals surface area contributed by atoms with Gasteiger partial charge >= 0.3 is 0 Å². The fourth-order valence-corrected chi connectivity index (χ4v) is 1.70. The number of hydrogen-bond acceptors (Lipinski definition) is 3. The van der Waals surface area contributed by atoms with E-state index in [1.54, 1.807) is 14.2 Å². The van der Waals surface area contributed by atoms with Crippen molar-refractivity contribution < 1.29 is 14.3 Å². The van der Waals surface area contributed by atoms with E-state index in [1.807, 2.05) is 12.2 Å². The minimum absolute atomic E-state index is 0.325. The van der Waals surface area contributed by atoms with E-state index in [0.717, 1.165) is 17.6 Å². The molecule has 0 spiro atoms. The number of ether oxygens (including phenoxy) is 2. The van der Waals surface area contributed by atoms with E-state index in [9.17, 15) is 4.79 Å². The van der Waals surface area contributed by atoms with Crippen molar-refractivity contribution in [3.05, 3.63) is 23.3 Å². The van der Waals surface area contributed by atoms with Gasteiger partial charge in [-0.1, -0.05) is 12.2 Å². The molecule has 1 rings (SSSR count). The molecule has 0 radical (unpaired) electrons. The zero-order valence-electron chi connectivity index (χ0n) is 9.16. The number of nitrogens with two attached hydrogens (primary N) is 1. The van der Waals surface area contributed by atoms with Gasteiger partial charge in [0.1, 0.15) is 0 Å². The first-order valence-corrected chi connectivity index (χ1v) is 4.83. The van der Waals surface area contributed by atoms with Crippen LogP contribution in [-0.2, 0) is 14.3 Å². The maximum atomic E-state index is 11.1. The molecule has 15 heavy (non-hydrogen) atoms. The summed E-state index contributed by atoms with van der Waals surface area (Å²) in [4.78, 5) is 11.1. The lowest BCUT2D eigenvalue weighted by Crippen LogP contribution is -2.23. The van der Waals surface area contributed by atoms with Crippen LogP contribution in [0.3, 0.4) is 0 Å². The topological polar surface area (TPSA) is 61.5 Å². The molecular formula is C11H17NO3. The van der Waals surface area contributed by atoms with Crippen LogP contribution in [0.1, 0.15) is 6.42 Å². The second-order valence-corrected chi connectivity index (χ2v) is 3.62. The van der Waals surface area contributed by atoms with Crippen LogP contribution in [0.5, 0.6) is 0 Å². The van der Waals surface area contributed by atoms with Crippen molar-refractivity contribution in [1.29, 1.82) is 0 Å². The fourth-order valence-electron chi connectivity index (χ4n) is 1.70. The molecule has 0 unspecified atom stereocenters. The summed E-state index contributed by atoms with van der Waals surface area (Å²) < 4.78 is 10.1. The molecule has 4 heteroatoms. The Morgan fingerprint density at radius 2 is 1.80 bits per heavy atom. The van der Waals surface area contributed by atoms with Crippen LogP contribution in [0.2, 0.25) is 0 Å². The summed E-state index contributed by atoms with van der Waals surface area (Å²) >= 11 is 0. The summed E-state index contributed by atoms with van der Waals surface area (Å²) in [5, 5.41) is 0. The van der Waals surface area contributed by atoms with Crippen LogP contribution in [0, 0.1) is 5.92 Å². The van der Waals surface area contributed by atoms with Crippen molar-refractivity contribution in [2.75, 3.05) is 27.4 Å². The highest BCUT2D eigenvalue weighted by Gasteiger charge is 2.17. The Hall–Kier alpha value is -1.13. The first-order valence-electron chi connectivity index (χ1n) is 4.83. The van der Waals surface area contributed by atoms with Gasteiger partial charge in [0.25, 0.3) is 0 Å². The minimum atomic E-state index is -0.336. The van der Waals surface area contributed by atoms with Gasteiger partial charge in [-0.25, -0.2) is 0 Å². The first kappa shape index (κ1) is 11.9. The second kappa shape index (κ2) is 5.68. The Bertz CT molecular complexity index is 272. The smallest absolute Gasteiger partial charge is 0.228 e. The first-order chi connectivity index (χ1) is 7.17. The summed E-state index contributed by atoms with van der Waals surface area (Å²) in [6.07, 6.45) is 4.53. The molecule has 84 valence electrons. The van der Waals surface area contributed by atoms with E-state index in [1.165, 1.54) is 0 Å². The number of rotatable bonds is 5. The van der Waals surface area contributed by atoms with Crippen molar-refractivity contribution in [1.82, 2.24) is 0 Å². The third-order valence-electron chi connectivity index (χ3n) is 2.27. The molecule has 4 nitrogen and oxygen atoms in total. The molecule has 0 saturated carbocycles. The average Bonchev–Trinajstić information content (AvgIpc) is 2.18. The highest BCUT2D eigenvalue weighted by molar-refractivity contribution is 5.81. The average molecular weight is 211 g/mol. The SMILES string of the molecule is COCC1=CC(C(N)=O)C=C(COC)C1. The van der Waals surface area contributed by atoms with Crippen molar-refractivity contribution >= 4 is 5.91 Å². The van der Waals surface area contributed by atoms with E-state index in [-0.39, 0.29) is 11.8 Å². The Labute approximate surface area is 89.7 Å². The molecule has 0 aromatic heterocycles. The molecule has 1 amide bonds. The van der Waals surface area contributed by atoms with Crippen LogP contribution in [0.15, 0.2) is 23.3 Å². The van der Waals surface area contributed by atoms with Gasteiger partial charge in [-0.3, -0.25) is 4.79 Å². The number of carbonyl (C=O) groups excluding carboxylic acids is 1. The van der Waals surface area contributed by atoms with Gasteiger partial charge < -0.3 is 15.2 Å². The van der Waals surface area contributed by atoms with Gasteiger partial charge in [0, 0.05) is 14.2 Å². The third kappa shape index (κ3) is 3.49. The molecule has 0 fully saturated rings. The molecule has 0 saturated heterocycles. The van der Waals surface area contributed by atoms with E-state index in [0.29, 0.717) is 13.2 Å². The predicted octanol–water partition coefficient (Wildman–Crippen LogP) is 0.637. The van der Waals surface area contributed by atoms with E-state index < -0.39 is 0 Å². The van der Waals surface area contributed by atoms with Gasteiger partial charge in [-0.2, -0.15) is 0 Å². The summed E-state index contributed by atoms with van der Waals surface area (Å²) in [5.74, 6) is -0.661. The standard InChI is InChI=1S/C11H17NO3/c1-14-6-8-3-9(7-15-2)5-10(4-8)11(12)13/h4-5,10H,3,6-7H2,1-2H3,(H2,12,13). The molecule has 0 aromatic rings. The Balaban J connectivity index is 2.74. The number of hydrogen-bond donors (Lipinski definition) is 1. The molecule has 0 atom stereocenters. The lowest BCUT2D eigenvalue weighted by molar-refractivity contribution is -0.119. The molecule has 0 bridgehead atoms. The van der Waals surface area contributed by atoms with E-state index >= 15 is 0 Å². The summed E-state index contributed by atoms with van der Waals surface area (Å²) in [6, 6.07) is 0. The van der Waals surface area contributed by atoms with E-state index in [2.05, 4.69) is 0 Å². The number of methoxy groups -OCH3 is 2. The van der Waals surface area contributed by atoms with Crippen molar-refractivity contribution in [2.45, 2.75) is 6.42 Å². The second-order valence-electron chi connectivity index (χ2n) is 3.62. The number of carbonyl (C=O) groups is 1. The summed E-state index contributed by atoms with van der Waals surface area (Å²) in [7, 11) is 3.27. The highest BCUT2D eigenvalue weighted by atomic mass is 16.5. The number of primary amides is 1. The van der Waals surface area contributed by atoms with Crippen LogP contribution in [-0.4, -0.2) is 33.3 Å². The van der Waals surface area contributed by atoms with Crippen LogP contribution in [0.4, 0.5) is 0 Å². The van der Waals surface area contributed by atoms with Gasteiger partial charge in [-0.05, 0) is 17.6 Å². The fraction of sp³-hybridized carbons (Fsp3) is 0.545. The van der Waals surface area contributed by atoms with Crippen molar-refractivity contribution in [3.63, 3.8) is 0 Å². The minimum Gasteiger partial charge on any atom is -0.380 e.